The van der Waals surface area contributed by atoms with Crippen molar-refractivity contribution in [1.29, 1.82) is 0 Å². The van der Waals surface area contributed by atoms with E-state index in [1.807, 2.05) is 19.0 Å². The minimum atomic E-state index is -0.618. The van der Waals surface area contributed by atoms with Gasteiger partial charge in [0.15, 0.2) is 0 Å². The highest BCUT2D eigenvalue weighted by Gasteiger charge is 2.21. The second kappa shape index (κ2) is 6.79. The Hall–Kier alpha value is -2.08. The van der Waals surface area contributed by atoms with E-state index in [0.29, 0.717) is 6.54 Å². The van der Waals surface area contributed by atoms with Gasteiger partial charge < -0.3 is 20.4 Å². The monoisotopic (exact) mass is 304 g/mol. The van der Waals surface area contributed by atoms with Crippen LogP contribution in [0.25, 0.3) is 0 Å². The normalized spacial score (nSPS) is 14.7. The van der Waals surface area contributed by atoms with Crippen molar-refractivity contribution in [1.82, 2.24) is 15.5 Å². The highest BCUT2D eigenvalue weighted by atomic mass is 16.2. The Balaban J connectivity index is 2.12. The van der Waals surface area contributed by atoms with Gasteiger partial charge in [-0.15, -0.1) is 0 Å². The van der Waals surface area contributed by atoms with Gasteiger partial charge >= 0.3 is 11.8 Å². The molecule has 0 bridgehead atoms. The third kappa shape index (κ3) is 3.39. The maximum absolute atomic E-state index is 11.6. The first-order chi connectivity index (χ1) is 10.4. The maximum atomic E-state index is 11.6. The molecule has 2 N–H and O–H groups in total. The number of amides is 2. The van der Waals surface area contributed by atoms with Crippen molar-refractivity contribution in [3.05, 3.63) is 29.3 Å². The molecule has 6 heteroatoms. The molecule has 1 aliphatic heterocycles. The van der Waals surface area contributed by atoms with Crippen LogP contribution in [0.1, 0.15) is 17.2 Å². The number of benzene rings is 1. The Labute approximate surface area is 131 Å². The number of fused-ring (bicyclic) bond motifs is 1. The van der Waals surface area contributed by atoms with Gasteiger partial charge in [-0.05, 0) is 37.7 Å². The molecule has 1 atom stereocenters. The van der Waals surface area contributed by atoms with E-state index in [1.165, 1.54) is 18.3 Å². The summed E-state index contributed by atoms with van der Waals surface area (Å²) in [6, 6.07) is 6.46. The van der Waals surface area contributed by atoms with Crippen molar-refractivity contribution >= 4 is 17.5 Å². The summed E-state index contributed by atoms with van der Waals surface area (Å²) >= 11 is 0. The molecule has 1 aromatic carbocycles. The van der Waals surface area contributed by atoms with Crippen LogP contribution in [0, 0.1) is 0 Å². The summed E-state index contributed by atoms with van der Waals surface area (Å²) in [5.74, 6) is -1.22. The van der Waals surface area contributed by atoms with E-state index in [9.17, 15) is 9.59 Å². The minimum absolute atomic E-state index is 0.0322. The number of hydrogen-bond donors (Lipinski definition) is 2. The Bertz CT molecular complexity index is 571. The molecule has 0 aliphatic carbocycles. The van der Waals surface area contributed by atoms with Crippen LogP contribution in [0.15, 0.2) is 18.2 Å². The molecular formula is C16H24N4O2. The quantitative estimate of drug-likeness (QED) is 0.777. The molecular weight excluding hydrogens is 280 g/mol. The lowest BCUT2D eigenvalue weighted by atomic mass is 10.0. The van der Waals surface area contributed by atoms with E-state index in [2.05, 4.69) is 40.8 Å². The summed E-state index contributed by atoms with van der Waals surface area (Å²) in [4.78, 5) is 27.2. The summed E-state index contributed by atoms with van der Waals surface area (Å²) in [5.41, 5.74) is 3.76. The van der Waals surface area contributed by atoms with Gasteiger partial charge in [0, 0.05) is 32.9 Å². The molecule has 0 saturated heterocycles. The van der Waals surface area contributed by atoms with E-state index in [1.54, 1.807) is 0 Å². The van der Waals surface area contributed by atoms with E-state index in [4.69, 9.17) is 0 Å². The van der Waals surface area contributed by atoms with E-state index in [0.717, 1.165) is 18.5 Å². The minimum Gasteiger partial charge on any atom is -0.374 e. The van der Waals surface area contributed by atoms with Crippen LogP contribution >= 0.6 is 0 Å². The van der Waals surface area contributed by atoms with Crippen molar-refractivity contribution in [2.24, 2.45) is 0 Å². The number of hydrogen-bond acceptors (Lipinski definition) is 4. The molecule has 120 valence electrons. The zero-order chi connectivity index (χ0) is 16.3. The van der Waals surface area contributed by atoms with Gasteiger partial charge in [0.1, 0.15) is 0 Å². The average Bonchev–Trinajstić information content (AvgIpc) is 2.87. The first-order valence-electron chi connectivity index (χ1n) is 7.44. The second-order valence-corrected chi connectivity index (χ2v) is 5.83. The van der Waals surface area contributed by atoms with E-state index >= 15 is 0 Å². The molecule has 6 nitrogen and oxygen atoms in total. The molecule has 0 fully saturated rings. The van der Waals surface area contributed by atoms with Crippen LogP contribution in [0.4, 0.5) is 5.69 Å². The van der Waals surface area contributed by atoms with Crippen molar-refractivity contribution in [3.63, 3.8) is 0 Å². The number of rotatable bonds is 4. The Morgan fingerprint density at radius 2 is 2.05 bits per heavy atom. The fraction of sp³-hybridized carbons (Fsp3) is 0.500. The predicted molar refractivity (Wildman–Crippen MR) is 86.9 cm³/mol. The van der Waals surface area contributed by atoms with Gasteiger partial charge in [-0.1, -0.05) is 12.1 Å². The molecule has 0 aromatic heterocycles. The second-order valence-electron chi connectivity index (χ2n) is 5.83. The molecule has 22 heavy (non-hydrogen) atoms. The number of nitrogens with zero attached hydrogens (tertiary/aromatic N) is 2. The third-order valence-corrected chi connectivity index (χ3v) is 4.13. The number of likely N-dealkylation sites (N-methyl/N-ethyl adjacent to an activating group) is 3. The fourth-order valence-electron chi connectivity index (χ4n) is 2.78. The molecule has 0 saturated carbocycles. The summed E-state index contributed by atoms with van der Waals surface area (Å²) in [5, 5.41) is 5.01. The van der Waals surface area contributed by atoms with Crippen LogP contribution in [0.2, 0.25) is 0 Å². The summed E-state index contributed by atoms with van der Waals surface area (Å²) in [6.45, 7) is 1.44. The van der Waals surface area contributed by atoms with Gasteiger partial charge in [0.25, 0.3) is 0 Å². The molecule has 0 spiro atoms. The lowest BCUT2D eigenvalue weighted by Gasteiger charge is -2.25. The number of nitrogens with one attached hydrogen (secondary N) is 2. The molecule has 2 rings (SSSR count). The lowest BCUT2D eigenvalue weighted by molar-refractivity contribution is -0.139. The van der Waals surface area contributed by atoms with Gasteiger partial charge in [-0.25, -0.2) is 0 Å². The van der Waals surface area contributed by atoms with Crippen molar-refractivity contribution < 1.29 is 9.59 Å². The van der Waals surface area contributed by atoms with Crippen LogP contribution in [-0.4, -0.2) is 58.0 Å². The van der Waals surface area contributed by atoms with Crippen molar-refractivity contribution in [3.8, 4) is 0 Å². The lowest BCUT2D eigenvalue weighted by Crippen LogP contribution is -2.42. The van der Waals surface area contributed by atoms with Crippen LogP contribution in [0.5, 0.6) is 0 Å². The number of anilines is 1. The summed E-state index contributed by atoms with van der Waals surface area (Å²) in [7, 11) is 7.48. The van der Waals surface area contributed by atoms with Gasteiger partial charge in [0.2, 0.25) is 0 Å². The fourth-order valence-corrected chi connectivity index (χ4v) is 2.78. The first-order valence-corrected chi connectivity index (χ1v) is 7.44. The first kappa shape index (κ1) is 16.3. The SMILES string of the molecule is CNC(=O)C(=O)NC[C@@H](c1ccc2c(c1)CCN2C)N(C)C. The average molecular weight is 304 g/mol. The Morgan fingerprint density at radius 3 is 2.68 bits per heavy atom. The molecule has 0 unspecified atom stereocenters. The van der Waals surface area contributed by atoms with Crippen LogP contribution in [0.3, 0.4) is 0 Å². The maximum Gasteiger partial charge on any atom is 0.309 e. The highest BCUT2D eigenvalue weighted by Crippen LogP contribution is 2.30. The highest BCUT2D eigenvalue weighted by molar-refractivity contribution is 6.35. The molecule has 1 aromatic rings. The predicted octanol–water partition coefficient (Wildman–Crippen LogP) is 0.144. The van der Waals surface area contributed by atoms with Gasteiger partial charge in [-0.3, -0.25) is 9.59 Å². The van der Waals surface area contributed by atoms with E-state index in [-0.39, 0.29) is 6.04 Å². The molecule has 2 amide bonds. The topological polar surface area (TPSA) is 64.7 Å². The zero-order valence-electron chi connectivity index (χ0n) is 13.6. The number of carbonyl (C=O) groups excluding carboxylic acids is 2. The summed E-state index contributed by atoms with van der Waals surface area (Å²) < 4.78 is 0. The van der Waals surface area contributed by atoms with Crippen LogP contribution < -0.4 is 15.5 Å². The third-order valence-electron chi connectivity index (χ3n) is 4.13. The van der Waals surface area contributed by atoms with Gasteiger partial charge in [0.05, 0.1) is 6.04 Å². The molecule has 1 aliphatic rings. The standard InChI is InChI=1S/C16H24N4O2/c1-17-15(21)16(22)18-10-14(19(2)3)11-5-6-13-12(9-11)7-8-20(13)4/h5-6,9,14H,7-8,10H2,1-4H3,(H,17,21)(H,18,22)/t14-/m0/s1. The van der Waals surface area contributed by atoms with Crippen LogP contribution in [-0.2, 0) is 16.0 Å². The smallest absolute Gasteiger partial charge is 0.309 e. The van der Waals surface area contributed by atoms with Gasteiger partial charge in [-0.2, -0.15) is 0 Å². The molecule has 0 radical (unpaired) electrons. The summed E-state index contributed by atoms with van der Waals surface area (Å²) in [6.07, 6.45) is 1.05. The van der Waals surface area contributed by atoms with E-state index < -0.39 is 11.8 Å². The van der Waals surface area contributed by atoms with Crippen molar-refractivity contribution in [2.75, 3.05) is 46.2 Å². The number of carbonyl (C=O) groups is 2. The Kier molecular flexibility index (Phi) is 5.03. The molecule has 1 heterocycles. The van der Waals surface area contributed by atoms with Crippen molar-refractivity contribution in [2.45, 2.75) is 12.5 Å². The zero-order valence-corrected chi connectivity index (χ0v) is 13.6. The Morgan fingerprint density at radius 1 is 1.32 bits per heavy atom. The largest absolute Gasteiger partial charge is 0.374 e.